The second-order valence-electron chi connectivity index (χ2n) is 5.34. The average Bonchev–Trinajstić information content (AvgIpc) is 3.12. The normalized spacial score (nSPS) is 11.6. The summed E-state index contributed by atoms with van der Waals surface area (Å²) >= 11 is 0. The second-order valence-corrected chi connectivity index (χ2v) is 7.11. The van der Waals surface area contributed by atoms with Gasteiger partial charge in [-0.25, -0.2) is 26.6 Å². The van der Waals surface area contributed by atoms with Gasteiger partial charge in [0.2, 0.25) is 10.0 Å². The quantitative estimate of drug-likeness (QED) is 0.732. The van der Waals surface area contributed by atoms with Crippen LogP contribution in [0.1, 0.15) is 5.56 Å². The van der Waals surface area contributed by atoms with Crippen molar-refractivity contribution in [1.82, 2.24) is 14.5 Å². The summed E-state index contributed by atoms with van der Waals surface area (Å²) in [5.74, 6) is -2.28. The largest absolute Gasteiger partial charge is 0.241 e. The van der Waals surface area contributed by atoms with E-state index in [1.807, 2.05) is 36.5 Å². The number of rotatable bonds is 6. The Labute approximate surface area is 144 Å². The molecule has 0 aliphatic rings. The van der Waals surface area contributed by atoms with E-state index in [1.165, 1.54) is 0 Å². The van der Waals surface area contributed by atoms with E-state index in [4.69, 9.17) is 0 Å². The second kappa shape index (κ2) is 7.12. The molecule has 130 valence electrons. The predicted octanol–water partition coefficient (Wildman–Crippen LogP) is 2.67. The standard InChI is InChI=1S/C17H15F2N3O2S/c18-16-7-6-15(12-17(16)19)25(23,24)21-10-8-13-2-4-14(5-3-13)22-11-1-9-20-22/h1-7,9,11-12,21H,8,10H2. The Morgan fingerprint density at radius 2 is 1.80 bits per heavy atom. The minimum atomic E-state index is -3.88. The van der Waals surface area contributed by atoms with E-state index in [0.717, 1.165) is 23.4 Å². The first-order chi connectivity index (χ1) is 12.0. The average molecular weight is 363 g/mol. The van der Waals surface area contributed by atoms with E-state index in [2.05, 4.69) is 9.82 Å². The summed E-state index contributed by atoms with van der Waals surface area (Å²) in [4.78, 5) is -0.305. The van der Waals surface area contributed by atoms with Crippen molar-refractivity contribution in [2.75, 3.05) is 6.54 Å². The number of nitrogens with one attached hydrogen (secondary N) is 1. The van der Waals surface area contributed by atoms with Crippen LogP contribution in [0.4, 0.5) is 8.78 Å². The van der Waals surface area contributed by atoms with Gasteiger partial charge in [-0.15, -0.1) is 0 Å². The zero-order chi connectivity index (χ0) is 17.9. The summed E-state index contributed by atoms with van der Waals surface area (Å²) in [6.07, 6.45) is 3.97. The number of halogens is 2. The molecule has 0 bridgehead atoms. The summed E-state index contributed by atoms with van der Waals surface area (Å²) in [6.45, 7) is 0.141. The van der Waals surface area contributed by atoms with Crippen LogP contribution in [-0.2, 0) is 16.4 Å². The summed E-state index contributed by atoms with van der Waals surface area (Å²) in [5.41, 5.74) is 1.83. The van der Waals surface area contributed by atoms with E-state index >= 15 is 0 Å². The molecule has 0 aliphatic heterocycles. The van der Waals surface area contributed by atoms with Crippen molar-refractivity contribution >= 4 is 10.0 Å². The van der Waals surface area contributed by atoms with Crippen LogP contribution in [0.3, 0.4) is 0 Å². The number of nitrogens with zero attached hydrogens (tertiary/aromatic N) is 2. The molecule has 0 radical (unpaired) electrons. The molecule has 2 aromatic carbocycles. The lowest BCUT2D eigenvalue weighted by Crippen LogP contribution is -2.26. The third kappa shape index (κ3) is 4.09. The van der Waals surface area contributed by atoms with Crippen LogP contribution in [0.5, 0.6) is 0 Å². The molecule has 0 unspecified atom stereocenters. The maximum absolute atomic E-state index is 13.2. The van der Waals surface area contributed by atoms with Gasteiger partial charge >= 0.3 is 0 Å². The van der Waals surface area contributed by atoms with Crippen LogP contribution < -0.4 is 4.72 Å². The summed E-state index contributed by atoms with van der Waals surface area (Å²) in [7, 11) is -3.88. The highest BCUT2D eigenvalue weighted by atomic mass is 32.2. The molecule has 0 saturated carbocycles. The van der Waals surface area contributed by atoms with Crippen LogP contribution in [0.15, 0.2) is 65.8 Å². The van der Waals surface area contributed by atoms with Crippen LogP contribution in [-0.4, -0.2) is 24.7 Å². The Bertz CT molecular complexity index is 956. The number of hydrogen-bond acceptors (Lipinski definition) is 3. The number of aromatic nitrogens is 2. The van der Waals surface area contributed by atoms with Gasteiger partial charge in [-0.1, -0.05) is 12.1 Å². The van der Waals surface area contributed by atoms with Crippen LogP contribution in [0, 0.1) is 11.6 Å². The third-order valence-electron chi connectivity index (χ3n) is 3.61. The molecule has 0 saturated heterocycles. The van der Waals surface area contributed by atoms with Crippen molar-refractivity contribution in [2.24, 2.45) is 0 Å². The van der Waals surface area contributed by atoms with Crippen molar-refractivity contribution < 1.29 is 17.2 Å². The fraction of sp³-hybridized carbons (Fsp3) is 0.118. The fourth-order valence-electron chi connectivity index (χ4n) is 2.29. The molecule has 3 aromatic rings. The summed E-state index contributed by atoms with van der Waals surface area (Å²) in [5, 5.41) is 4.13. The van der Waals surface area contributed by atoms with Crippen LogP contribution in [0.2, 0.25) is 0 Å². The Kier molecular flexibility index (Phi) is 4.91. The molecule has 0 spiro atoms. The van der Waals surface area contributed by atoms with Gasteiger partial charge in [-0.2, -0.15) is 5.10 Å². The Hall–Kier alpha value is -2.58. The van der Waals surface area contributed by atoms with Crippen molar-refractivity contribution in [3.63, 3.8) is 0 Å². The molecular weight excluding hydrogens is 348 g/mol. The Morgan fingerprint density at radius 3 is 2.44 bits per heavy atom. The molecule has 1 heterocycles. The van der Waals surface area contributed by atoms with Crippen LogP contribution in [0.25, 0.3) is 5.69 Å². The zero-order valence-electron chi connectivity index (χ0n) is 13.1. The molecule has 0 aliphatic carbocycles. The summed E-state index contributed by atoms with van der Waals surface area (Å²) in [6, 6.07) is 11.8. The van der Waals surface area contributed by atoms with E-state index in [9.17, 15) is 17.2 Å². The molecule has 0 fully saturated rings. The van der Waals surface area contributed by atoms with Crippen molar-refractivity contribution in [3.05, 3.63) is 78.1 Å². The fourth-order valence-corrected chi connectivity index (χ4v) is 3.34. The minimum Gasteiger partial charge on any atom is -0.241 e. The monoisotopic (exact) mass is 363 g/mol. The maximum Gasteiger partial charge on any atom is 0.240 e. The molecule has 5 nitrogen and oxygen atoms in total. The Morgan fingerprint density at radius 1 is 1.04 bits per heavy atom. The predicted molar refractivity (Wildman–Crippen MR) is 88.8 cm³/mol. The lowest BCUT2D eigenvalue weighted by molar-refractivity contribution is 0.504. The van der Waals surface area contributed by atoms with Gasteiger partial charge in [-0.3, -0.25) is 0 Å². The third-order valence-corrected chi connectivity index (χ3v) is 5.07. The number of benzene rings is 2. The molecule has 1 N–H and O–H groups in total. The topological polar surface area (TPSA) is 64.0 Å². The first kappa shape index (κ1) is 17.2. The maximum atomic E-state index is 13.2. The highest BCUT2D eigenvalue weighted by Gasteiger charge is 2.15. The van der Waals surface area contributed by atoms with E-state index in [1.54, 1.807) is 10.9 Å². The highest BCUT2D eigenvalue weighted by Crippen LogP contribution is 2.14. The lowest BCUT2D eigenvalue weighted by atomic mass is 10.1. The molecule has 8 heteroatoms. The number of hydrogen-bond donors (Lipinski definition) is 1. The lowest BCUT2D eigenvalue weighted by Gasteiger charge is -2.08. The first-order valence-electron chi connectivity index (χ1n) is 7.49. The minimum absolute atomic E-state index is 0.141. The van der Waals surface area contributed by atoms with E-state index in [-0.39, 0.29) is 11.4 Å². The zero-order valence-corrected chi connectivity index (χ0v) is 13.9. The van der Waals surface area contributed by atoms with E-state index < -0.39 is 21.7 Å². The van der Waals surface area contributed by atoms with Gasteiger partial charge < -0.3 is 0 Å². The molecule has 3 rings (SSSR count). The highest BCUT2D eigenvalue weighted by molar-refractivity contribution is 7.89. The first-order valence-corrected chi connectivity index (χ1v) is 8.98. The van der Waals surface area contributed by atoms with E-state index in [0.29, 0.717) is 12.5 Å². The van der Waals surface area contributed by atoms with Crippen molar-refractivity contribution in [2.45, 2.75) is 11.3 Å². The van der Waals surface area contributed by atoms with Gasteiger partial charge in [0.05, 0.1) is 10.6 Å². The van der Waals surface area contributed by atoms with Gasteiger partial charge in [0.15, 0.2) is 11.6 Å². The SMILES string of the molecule is O=S(=O)(NCCc1ccc(-n2cccn2)cc1)c1ccc(F)c(F)c1. The molecule has 0 atom stereocenters. The van der Waals surface area contributed by atoms with Gasteiger partial charge in [0, 0.05) is 18.9 Å². The van der Waals surface area contributed by atoms with Crippen LogP contribution >= 0.6 is 0 Å². The summed E-state index contributed by atoms with van der Waals surface area (Å²) < 4.78 is 54.3. The molecule has 1 aromatic heterocycles. The van der Waals surface area contributed by atoms with Crippen molar-refractivity contribution in [3.8, 4) is 5.69 Å². The molecule has 25 heavy (non-hydrogen) atoms. The van der Waals surface area contributed by atoms with Gasteiger partial charge in [0.1, 0.15) is 0 Å². The molecule has 0 amide bonds. The molecular formula is C17H15F2N3O2S. The van der Waals surface area contributed by atoms with Gasteiger partial charge in [0.25, 0.3) is 0 Å². The van der Waals surface area contributed by atoms with Crippen molar-refractivity contribution in [1.29, 1.82) is 0 Å². The smallest absolute Gasteiger partial charge is 0.240 e. The number of sulfonamides is 1. The van der Waals surface area contributed by atoms with Gasteiger partial charge in [-0.05, 0) is 48.4 Å². The Balaban J connectivity index is 1.61.